The van der Waals surface area contributed by atoms with Gasteiger partial charge in [0.25, 0.3) is 0 Å². The summed E-state index contributed by atoms with van der Waals surface area (Å²) in [6.07, 6.45) is 1.34. The first-order chi connectivity index (χ1) is 8.61. The van der Waals surface area contributed by atoms with E-state index in [1.165, 1.54) is 16.5 Å². The Morgan fingerprint density at radius 1 is 1.28 bits per heavy atom. The van der Waals surface area contributed by atoms with Gasteiger partial charge in [0.1, 0.15) is 0 Å². The van der Waals surface area contributed by atoms with Crippen LogP contribution in [-0.4, -0.2) is 24.5 Å². The molecule has 3 atom stereocenters. The number of piperidine rings is 1. The Kier molecular flexibility index (Phi) is 4.82. The second-order valence-corrected chi connectivity index (χ2v) is 6.53. The first-order valence-corrected chi connectivity index (χ1v) is 7.59. The quantitative estimate of drug-likeness (QED) is 0.927. The first kappa shape index (κ1) is 14.0. The molecule has 1 aliphatic rings. The molecule has 2 rings (SSSR count). The second-order valence-electron chi connectivity index (χ2n) is 5.67. The summed E-state index contributed by atoms with van der Waals surface area (Å²) in [5.41, 5.74) is 7.35. The zero-order chi connectivity index (χ0) is 13.1. The highest BCUT2D eigenvalue weighted by Gasteiger charge is 2.28. The minimum atomic E-state index is 0.339. The Balaban J connectivity index is 2.20. The predicted molar refractivity (Wildman–Crippen MR) is 80.5 cm³/mol. The fraction of sp³-hybridized carbons (Fsp3) is 0.600. The first-order valence-electron chi connectivity index (χ1n) is 6.80. The summed E-state index contributed by atoms with van der Waals surface area (Å²) >= 11 is 3.65. The lowest BCUT2D eigenvalue weighted by Crippen LogP contribution is -2.43. The van der Waals surface area contributed by atoms with Crippen molar-refractivity contribution in [2.75, 3.05) is 19.6 Å². The molecule has 3 unspecified atom stereocenters. The van der Waals surface area contributed by atoms with Gasteiger partial charge in [0, 0.05) is 30.1 Å². The van der Waals surface area contributed by atoms with Gasteiger partial charge in [0.05, 0.1) is 0 Å². The molecule has 1 aromatic carbocycles. The lowest BCUT2D eigenvalue weighted by atomic mass is 9.90. The van der Waals surface area contributed by atoms with Crippen LogP contribution in [0.4, 0.5) is 0 Å². The molecule has 1 aliphatic heterocycles. The summed E-state index contributed by atoms with van der Waals surface area (Å²) in [6.45, 7) is 7.69. The Labute approximate surface area is 119 Å². The summed E-state index contributed by atoms with van der Waals surface area (Å²) < 4.78 is 1.17. The maximum absolute atomic E-state index is 6.03. The van der Waals surface area contributed by atoms with Gasteiger partial charge >= 0.3 is 0 Å². The summed E-state index contributed by atoms with van der Waals surface area (Å²) in [5.74, 6) is 1.54. The second kappa shape index (κ2) is 6.18. The standard InChI is InChI=1S/C15H23BrN2/c1-11-7-12(2)10-18(9-11)15(8-17)13-5-3-4-6-14(13)16/h3-6,11-12,15H,7-10,17H2,1-2H3. The molecule has 0 aliphatic carbocycles. The van der Waals surface area contributed by atoms with Crippen molar-refractivity contribution >= 4 is 15.9 Å². The summed E-state index contributed by atoms with van der Waals surface area (Å²) in [7, 11) is 0. The van der Waals surface area contributed by atoms with Crippen molar-refractivity contribution in [3.8, 4) is 0 Å². The largest absolute Gasteiger partial charge is 0.329 e. The van der Waals surface area contributed by atoms with Crippen LogP contribution >= 0.6 is 15.9 Å². The van der Waals surface area contributed by atoms with Gasteiger partial charge in [0.15, 0.2) is 0 Å². The fourth-order valence-electron chi connectivity index (χ4n) is 3.18. The van der Waals surface area contributed by atoms with E-state index in [2.05, 4.69) is 58.9 Å². The zero-order valence-electron chi connectivity index (χ0n) is 11.3. The Morgan fingerprint density at radius 2 is 1.89 bits per heavy atom. The summed E-state index contributed by atoms with van der Waals surface area (Å²) in [5, 5.41) is 0. The third-order valence-electron chi connectivity index (χ3n) is 3.83. The van der Waals surface area contributed by atoms with Gasteiger partial charge in [0.2, 0.25) is 0 Å². The van der Waals surface area contributed by atoms with Crippen molar-refractivity contribution in [1.29, 1.82) is 0 Å². The molecule has 1 saturated heterocycles. The monoisotopic (exact) mass is 310 g/mol. The number of nitrogens with two attached hydrogens (primary N) is 1. The molecule has 1 aromatic rings. The van der Waals surface area contributed by atoms with Crippen LogP contribution in [0.25, 0.3) is 0 Å². The van der Waals surface area contributed by atoms with Gasteiger partial charge < -0.3 is 5.73 Å². The van der Waals surface area contributed by atoms with E-state index in [4.69, 9.17) is 5.73 Å². The molecule has 1 fully saturated rings. The highest BCUT2D eigenvalue weighted by Crippen LogP contribution is 2.32. The van der Waals surface area contributed by atoms with Crippen LogP contribution in [0.1, 0.15) is 31.9 Å². The van der Waals surface area contributed by atoms with Crippen molar-refractivity contribution < 1.29 is 0 Å². The van der Waals surface area contributed by atoms with Gasteiger partial charge in [-0.1, -0.05) is 48.0 Å². The number of rotatable bonds is 3. The van der Waals surface area contributed by atoms with E-state index in [9.17, 15) is 0 Å². The SMILES string of the molecule is CC1CC(C)CN(C(CN)c2ccccc2Br)C1. The Hall–Kier alpha value is -0.380. The van der Waals surface area contributed by atoms with Crippen molar-refractivity contribution in [2.45, 2.75) is 26.3 Å². The Morgan fingerprint density at radius 3 is 2.44 bits per heavy atom. The zero-order valence-corrected chi connectivity index (χ0v) is 12.9. The number of likely N-dealkylation sites (tertiary alicyclic amines) is 1. The highest BCUT2D eigenvalue weighted by atomic mass is 79.9. The minimum absolute atomic E-state index is 0.339. The molecule has 2 N–H and O–H groups in total. The Bertz CT molecular complexity index is 384. The minimum Gasteiger partial charge on any atom is -0.329 e. The third-order valence-corrected chi connectivity index (χ3v) is 4.55. The smallest absolute Gasteiger partial charge is 0.0481 e. The van der Waals surface area contributed by atoms with Gasteiger partial charge in [-0.3, -0.25) is 4.90 Å². The van der Waals surface area contributed by atoms with E-state index in [1.54, 1.807) is 0 Å². The van der Waals surface area contributed by atoms with Gasteiger partial charge in [-0.05, 0) is 29.9 Å². The predicted octanol–water partition coefficient (Wildman–Crippen LogP) is 3.43. The van der Waals surface area contributed by atoms with Crippen LogP contribution < -0.4 is 5.73 Å². The average Bonchev–Trinajstić information content (AvgIpc) is 2.31. The topological polar surface area (TPSA) is 29.3 Å². The van der Waals surface area contributed by atoms with Crippen LogP contribution in [0.3, 0.4) is 0 Å². The van der Waals surface area contributed by atoms with Crippen LogP contribution in [0, 0.1) is 11.8 Å². The summed E-state index contributed by atoms with van der Waals surface area (Å²) in [6, 6.07) is 8.79. The van der Waals surface area contributed by atoms with Crippen LogP contribution in [0.15, 0.2) is 28.7 Å². The molecule has 2 nitrogen and oxygen atoms in total. The molecule has 100 valence electrons. The van der Waals surface area contributed by atoms with Crippen molar-refractivity contribution in [3.63, 3.8) is 0 Å². The van der Waals surface area contributed by atoms with Crippen molar-refractivity contribution in [3.05, 3.63) is 34.3 Å². The molecule has 0 radical (unpaired) electrons. The van der Waals surface area contributed by atoms with E-state index < -0.39 is 0 Å². The highest BCUT2D eigenvalue weighted by molar-refractivity contribution is 9.10. The molecule has 0 spiro atoms. The van der Waals surface area contributed by atoms with Gasteiger partial charge in [-0.2, -0.15) is 0 Å². The number of halogens is 1. The van der Waals surface area contributed by atoms with Crippen molar-refractivity contribution in [2.24, 2.45) is 17.6 Å². The van der Waals surface area contributed by atoms with E-state index >= 15 is 0 Å². The lowest BCUT2D eigenvalue weighted by molar-refractivity contribution is 0.0981. The van der Waals surface area contributed by atoms with Crippen LogP contribution in [0.5, 0.6) is 0 Å². The third kappa shape index (κ3) is 3.14. The van der Waals surface area contributed by atoms with E-state index in [1.807, 2.05) is 0 Å². The number of benzene rings is 1. The molecule has 3 heteroatoms. The molecule has 1 heterocycles. The normalized spacial score (nSPS) is 27.1. The number of hydrogen-bond donors (Lipinski definition) is 1. The van der Waals surface area contributed by atoms with Gasteiger partial charge in [-0.25, -0.2) is 0 Å². The van der Waals surface area contributed by atoms with Crippen LogP contribution in [0.2, 0.25) is 0 Å². The maximum atomic E-state index is 6.03. The molecule has 0 bridgehead atoms. The lowest BCUT2D eigenvalue weighted by Gasteiger charge is -2.40. The molecule has 0 aromatic heterocycles. The van der Waals surface area contributed by atoms with Gasteiger partial charge in [-0.15, -0.1) is 0 Å². The number of hydrogen-bond acceptors (Lipinski definition) is 2. The molecular formula is C15H23BrN2. The van der Waals surface area contributed by atoms with E-state index in [0.717, 1.165) is 24.9 Å². The molecule has 18 heavy (non-hydrogen) atoms. The molecule has 0 saturated carbocycles. The summed E-state index contributed by atoms with van der Waals surface area (Å²) in [4.78, 5) is 2.55. The number of nitrogens with zero attached hydrogens (tertiary/aromatic N) is 1. The molecule has 0 amide bonds. The maximum Gasteiger partial charge on any atom is 0.0481 e. The average molecular weight is 311 g/mol. The van der Waals surface area contributed by atoms with Crippen LogP contribution in [-0.2, 0) is 0 Å². The fourth-order valence-corrected chi connectivity index (χ4v) is 3.73. The van der Waals surface area contributed by atoms with E-state index in [-0.39, 0.29) is 0 Å². The molecular weight excluding hydrogens is 288 g/mol. The van der Waals surface area contributed by atoms with Crippen molar-refractivity contribution in [1.82, 2.24) is 4.90 Å². The van der Waals surface area contributed by atoms with E-state index in [0.29, 0.717) is 12.6 Å².